The predicted octanol–water partition coefficient (Wildman–Crippen LogP) is 9.07. The molecule has 0 saturated heterocycles. The molecule has 0 spiro atoms. The second-order valence-corrected chi connectivity index (χ2v) is 8.81. The molecule has 0 aliphatic carbocycles. The Labute approximate surface area is 209 Å². The van der Waals surface area contributed by atoms with E-state index in [2.05, 4.69) is 6.58 Å². The first-order chi connectivity index (χ1) is 17.4. The van der Waals surface area contributed by atoms with E-state index in [9.17, 15) is 17.6 Å². The first kappa shape index (κ1) is 26.2. The van der Waals surface area contributed by atoms with Gasteiger partial charge in [0.2, 0.25) is 0 Å². The summed E-state index contributed by atoms with van der Waals surface area (Å²) in [5, 5.41) is 0. The lowest BCUT2D eigenvalue weighted by Crippen LogP contribution is -2.44. The van der Waals surface area contributed by atoms with Gasteiger partial charge in [-0.05, 0) is 36.1 Å². The lowest BCUT2D eigenvalue weighted by molar-refractivity contribution is -0.166. The van der Waals surface area contributed by atoms with E-state index < -0.39 is 46.0 Å². The van der Waals surface area contributed by atoms with Gasteiger partial charge in [0.25, 0.3) is 0 Å². The highest BCUT2D eigenvalue weighted by molar-refractivity contribution is 5.69. The molecule has 37 heavy (non-hydrogen) atoms. The normalized spacial score (nSPS) is 12.0. The average Bonchev–Trinajstić information content (AvgIpc) is 2.86. The van der Waals surface area contributed by atoms with E-state index in [1.807, 2.05) is 0 Å². The van der Waals surface area contributed by atoms with Crippen molar-refractivity contribution < 1.29 is 30.7 Å². The molecule has 4 rings (SSSR count). The van der Waals surface area contributed by atoms with Crippen molar-refractivity contribution in [2.75, 3.05) is 0 Å². The molecule has 7 heteroatoms. The van der Waals surface area contributed by atoms with E-state index in [1.54, 1.807) is 38.1 Å². The molecule has 0 saturated carbocycles. The zero-order valence-electron chi connectivity index (χ0n) is 19.9. The van der Waals surface area contributed by atoms with Crippen molar-refractivity contribution in [3.63, 3.8) is 0 Å². The fourth-order valence-corrected chi connectivity index (χ4v) is 4.57. The molecule has 0 fully saturated rings. The number of benzene rings is 4. The number of alkyl halides is 3. The molecule has 190 valence electrons. The van der Waals surface area contributed by atoms with Crippen molar-refractivity contribution in [2.24, 2.45) is 0 Å². The van der Waals surface area contributed by atoms with Crippen molar-refractivity contribution in [1.82, 2.24) is 0 Å². The molecule has 0 aromatic heterocycles. The van der Waals surface area contributed by atoms with Crippen LogP contribution in [0.15, 0.2) is 79.4 Å². The lowest BCUT2D eigenvalue weighted by atomic mass is 9.68. The fraction of sp³-hybridized carbons (Fsp3) is 0.133. The summed E-state index contributed by atoms with van der Waals surface area (Å²) in [5.41, 5.74) is -3.78. The van der Waals surface area contributed by atoms with Gasteiger partial charge < -0.3 is 0 Å². The quantitative estimate of drug-likeness (QED) is 0.142. The molecule has 0 radical (unpaired) electrons. The molecule has 0 unspecified atom stereocenters. The van der Waals surface area contributed by atoms with Gasteiger partial charge in [0.15, 0.2) is 23.3 Å². The summed E-state index contributed by atoms with van der Waals surface area (Å²) in [5.74, 6) is -6.62. The molecular formula is C30H21F7. The molecular weight excluding hydrogens is 493 g/mol. The lowest BCUT2D eigenvalue weighted by Gasteiger charge is -2.38. The highest BCUT2D eigenvalue weighted by Gasteiger charge is 2.58. The standard InChI is InChI=1S/C30H21F7/c1-4-23-25(31)27(33)24(28(34)26(23)32)19-9-15-22(16-10-19)29(30(35,36)37,20-11-5-17(2)6-12-20)21-13-7-18(3)8-14-21/h4-16H,1H2,2-3H3. The van der Waals surface area contributed by atoms with Crippen LogP contribution in [0.5, 0.6) is 0 Å². The second-order valence-electron chi connectivity index (χ2n) is 8.81. The largest absolute Gasteiger partial charge is 0.406 e. The number of aryl methyl sites for hydroxylation is 2. The van der Waals surface area contributed by atoms with E-state index in [0.717, 1.165) is 35.4 Å². The van der Waals surface area contributed by atoms with Gasteiger partial charge in [-0.1, -0.05) is 96.6 Å². The average molecular weight is 514 g/mol. The van der Waals surface area contributed by atoms with Crippen LogP contribution < -0.4 is 0 Å². The number of hydrogen-bond donors (Lipinski definition) is 0. The molecule has 4 aromatic carbocycles. The van der Waals surface area contributed by atoms with Crippen molar-refractivity contribution in [1.29, 1.82) is 0 Å². The summed E-state index contributed by atoms with van der Waals surface area (Å²) in [6.45, 7) is 6.64. The molecule has 0 amide bonds. The first-order valence-corrected chi connectivity index (χ1v) is 11.2. The van der Waals surface area contributed by atoms with E-state index in [4.69, 9.17) is 0 Å². The van der Waals surface area contributed by atoms with Crippen LogP contribution in [-0.4, -0.2) is 6.18 Å². The zero-order valence-corrected chi connectivity index (χ0v) is 19.9. The van der Waals surface area contributed by atoms with Crippen LogP contribution in [0.25, 0.3) is 17.2 Å². The SMILES string of the molecule is C=Cc1c(F)c(F)c(-c2ccc(C(c3ccc(C)cc3)(c3ccc(C)cc3)C(F)(F)F)cc2)c(F)c1F. The summed E-state index contributed by atoms with van der Waals surface area (Å²) >= 11 is 0. The molecule has 0 nitrogen and oxygen atoms in total. The maximum absolute atomic E-state index is 15.1. The van der Waals surface area contributed by atoms with Crippen LogP contribution in [0.3, 0.4) is 0 Å². The minimum absolute atomic E-state index is 0.0630. The highest BCUT2D eigenvalue weighted by Crippen LogP contribution is 2.51. The van der Waals surface area contributed by atoms with Crippen LogP contribution in [0.4, 0.5) is 30.7 Å². The van der Waals surface area contributed by atoms with Gasteiger partial charge in [-0.25, -0.2) is 17.6 Å². The van der Waals surface area contributed by atoms with E-state index in [-0.39, 0.29) is 22.3 Å². The molecule has 0 bridgehead atoms. The van der Waals surface area contributed by atoms with Crippen molar-refractivity contribution in [3.8, 4) is 11.1 Å². The van der Waals surface area contributed by atoms with E-state index in [0.29, 0.717) is 6.08 Å². The summed E-state index contributed by atoms with van der Waals surface area (Å²) < 4.78 is 103. The smallest absolute Gasteiger partial charge is 0.203 e. The number of rotatable bonds is 5. The van der Waals surface area contributed by atoms with Crippen molar-refractivity contribution in [2.45, 2.75) is 25.4 Å². The Kier molecular flexibility index (Phi) is 6.76. The van der Waals surface area contributed by atoms with Crippen molar-refractivity contribution >= 4 is 6.08 Å². The number of halogens is 7. The summed E-state index contributed by atoms with van der Waals surface area (Å²) in [6.07, 6.45) is -4.19. The monoisotopic (exact) mass is 514 g/mol. The van der Waals surface area contributed by atoms with Gasteiger partial charge in [-0.2, -0.15) is 13.2 Å². The van der Waals surface area contributed by atoms with Gasteiger partial charge in [0.05, 0.1) is 11.1 Å². The predicted molar refractivity (Wildman–Crippen MR) is 130 cm³/mol. The fourth-order valence-electron chi connectivity index (χ4n) is 4.57. The van der Waals surface area contributed by atoms with Gasteiger partial charge in [-0.15, -0.1) is 0 Å². The highest BCUT2D eigenvalue weighted by atomic mass is 19.4. The topological polar surface area (TPSA) is 0 Å². The first-order valence-electron chi connectivity index (χ1n) is 11.2. The Balaban J connectivity index is 1.99. The third-order valence-corrected chi connectivity index (χ3v) is 6.50. The zero-order chi connectivity index (χ0) is 27.1. The summed E-state index contributed by atoms with van der Waals surface area (Å²) in [4.78, 5) is 0. The van der Waals surface area contributed by atoms with Gasteiger partial charge in [0, 0.05) is 0 Å². The minimum Gasteiger partial charge on any atom is -0.203 e. The Hall–Kier alpha value is -3.87. The van der Waals surface area contributed by atoms with Gasteiger partial charge >= 0.3 is 6.18 Å². The Morgan fingerprint density at radius 2 is 0.919 bits per heavy atom. The summed E-state index contributed by atoms with van der Waals surface area (Å²) in [7, 11) is 0. The Morgan fingerprint density at radius 3 is 1.24 bits per heavy atom. The third kappa shape index (κ3) is 4.22. The molecule has 0 atom stereocenters. The van der Waals surface area contributed by atoms with E-state index >= 15 is 13.2 Å². The van der Waals surface area contributed by atoms with Gasteiger partial charge in [-0.3, -0.25) is 0 Å². The van der Waals surface area contributed by atoms with Crippen LogP contribution in [-0.2, 0) is 5.41 Å². The maximum Gasteiger partial charge on any atom is 0.406 e. The number of hydrogen-bond acceptors (Lipinski definition) is 0. The van der Waals surface area contributed by atoms with Crippen LogP contribution in [0.1, 0.15) is 33.4 Å². The van der Waals surface area contributed by atoms with Gasteiger partial charge in [0.1, 0.15) is 5.41 Å². The molecule has 0 N–H and O–H groups in total. The van der Waals surface area contributed by atoms with Crippen molar-refractivity contribution in [3.05, 3.63) is 136 Å². The van der Waals surface area contributed by atoms with Crippen LogP contribution >= 0.6 is 0 Å². The molecule has 0 heterocycles. The second kappa shape index (κ2) is 9.54. The van der Waals surface area contributed by atoms with Crippen LogP contribution in [0.2, 0.25) is 0 Å². The Bertz CT molecular complexity index is 1370. The third-order valence-electron chi connectivity index (χ3n) is 6.50. The van der Waals surface area contributed by atoms with Crippen LogP contribution in [0, 0.1) is 37.1 Å². The molecule has 4 aromatic rings. The Morgan fingerprint density at radius 1 is 0.568 bits per heavy atom. The minimum atomic E-state index is -4.83. The molecule has 0 aliphatic rings. The van der Waals surface area contributed by atoms with E-state index in [1.165, 1.54) is 24.3 Å². The maximum atomic E-state index is 15.1. The molecule has 0 aliphatic heterocycles. The summed E-state index contributed by atoms with van der Waals surface area (Å²) in [6, 6.07) is 16.0.